The fourth-order valence-corrected chi connectivity index (χ4v) is 2.78. The Morgan fingerprint density at radius 2 is 1.31 bits per heavy atom. The summed E-state index contributed by atoms with van der Waals surface area (Å²) < 4.78 is 5.84. The van der Waals surface area contributed by atoms with E-state index in [0.29, 0.717) is 12.6 Å². The van der Waals surface area contributed by atoms with Crippen LogP contribution in [-0.2, 0) is 19.6 Å². The fourth-order valence-electron chi connectivity index (χ4n) is 2.78. The zero-order valence-electron chi connectivity index (χ0n) is 15.1. The molecule has 26 heavy (non-hydrogen) atoms. The molecule has 1 N–H and O–H groups in total. The van der Waals surface area contributed by atoms with Crippen LogP contribution in [-0.4, -0.2) is 6.04 Å². The van der Waals surface area contributed by atoms with Crippen molar-refractivity contribution in [2.45, 2.75) is 32.5 Å². The number of rotatable bonds is 8. The van der Waals surface area contributed by atoms with Gasteiger partial charge in [0.1, 0.15) is 12.4 Å². The van der Waals surface area contributed by atoms with Gasteiger partial charge in [0, 0.05) is 12.6 Å². The van der Waals surface area contributed by atoms with Gasteiger partial charge in [-0.2, -0.15) is 0 Å². The highest BCUT2D eigenvalue weighted by molar-refractivity contribution is 5.85. The van der Waals surface area contributed by atoms with Crippen LogP contribution in [0.15, 0.2) is 84.9 Å². The topological polar surface area (TPSA) is 21.3 Å². The zero-order chi connectivity index (χ0) is 17.3. The maximum absolute atomic E-state index is 5.84. The van der Waals surface area contributed by atoms with Crippen molar-refractivity contribution >= 4 is 12.4 Å². The number of benzene rings is 3. The Bertz CT molecular complexity index is 744. The normalized spacial score (nSPS) is 11.4. The Balaban J connectivity index is 0.00000243. The Labute approximate surface area is 162 Å². The summed E-state index contributed by atoms with van der Waals surface area (Å²) in [6, 6.07) is 29.6. The summed E-state index contributed by atoms with van der Waals surface area (Å²) in [5, 5.41) is 3.58. The van der Waals surface area contributed by atoms with E-state index >= 15 is 0 Å². The largest absolute Gasteiger partial charge is 0.489 e. The van der Waals surface area contributed by atoms with E-state index in [9.17, 15) is 0 Å². The molecule has 3 heteroatoms. The summed E-state index contributed by atoms with van der Waals surface area (Å²) in [5.74, 6) is 0.914. The maximum atomic E-state index is 5.84. The molecule has 0 aromatic heterocycles. The molecule has 0 bridgehead atoms. The molecule has 0 saturated carbocycles. The van der Waals surface area contributed by atoms with Gasteiger partial charge >= 0.3 is 0 Å². The van der Waals surface area contributed by atoms with Crippen LogP contribution in [0.2, 0.25) is 0 Å². The zero-order valence-corrected chi connectivity index (χ0v) is 15.9. The molecule has 1 unspecified atom stereocenters. The van der Waals surface area contributed by atoms with Crippen LogP contribution in [0.4, 0.5) is 0 Å². The summed E-state index contributed by atoms with van der Waals surface area (Å²) in [6.07, 6.45) is 1.01. The highest BCUT2D eigenvalue weighted by atomic mass is 35.5. The molecule has 3 aromatic rings. The number of nitrogens with one attached hydrogen (secondary N) is 1. The number of hydrogen-bond acceptors (Lipinski definition) is 2. The van der Waals surface area contributed by atoms with Crippen molar-refractivity contribution in [3.8, 4) is 5.75 Å². The molecule has 0 amide bonds. The number of ether oxygens (including phenoxy) is 1. The second-order valence-electron chi connectivity index (χ2n) is 6.39. The lowest BCUT2D eigenvalue weighted by molar-refractivity contribution is 0.306. The van der Waals surface area contributed by atoms with Crippen LogP contribution >= 0.6 is 12.4 Å². The van der Waals surface area contributed by atoms with Gasteiger partial charge in [-0.3, -0.25) is 0 Å². The van der Waals surface area contributed by atoms with Crippen LogP contribution in [0.3, 0.4) is 0 Å². The maximum Gasteiger partial charge on any atom is 0.119 e. The first-order valence-corrected chi connectivity index (χ1v) is 8.82. The van der Waals surface area contributed by atoms with E-state index in [-0.39, 0.29) is 12.4 Å². The Hall–Kier alpha value is -2.29. The van der Waals surface area contributed by atoms with E-state index in [4.69, 9.17) is 4.74 Å². The summed E-state index contributed by atoms with van der Waals surface area (Å²) >= 11 is 0. The van der Waals surface area contributed by atoms with Gasteiger partial charge in [-0.25, -0.2) is 0 Å². The SMILES string of the molecule is CC(Cc1ccc(OCc2ccccc2)cc1)NCc1ccccc1.Cl. The van der Waals surface area contributed by atoms with Gasteiger partial charge in [-0.05, 0) is 42.2 Å². The van der Waals surface area contributed by atoms with Crippen molar-refractivity contribution in [2.24, 2.45) is 0 Å². The average Bonchev–Trinajstić information content (AvgIpc) is 2.67. The van der Waals surface area contributed by atoms with E-state index in [1.165, 1.54) is 16.7 Å². The molecule has 0 aliphatic rings. The lowest BCUT2D eigenvalue weighted by atomic mass is 10.1. The molecule has 3 aromatic carbocycles. The van der Waals surface area contributed by atoms with Crippen molar-refractivity contribution in [3.63, 3.8) is 0 Å². The lowest BCUT2D eigenvalue weighted by Crippen LogP contribution is -2.27. The van der Waals surface area contributed by atoms with Crippen LogP contribution in [0.25, 0.3) is 0 Å². The number of hydrogen-bond donors (Lipinski definition) is 1. The average molecular weight is 368 g/mol. The molecule has 0 spiro atoms. The summed E-state index contributed by atoms with van der Waals surface area (Å²) in [4.78, 5) is 0. The van der Waals surface area contributed by atoms with Crippen LogP contribution in [0.1, 0.15) is 23.6 Å². The number of halogens is 1. The van der Waals surface area contributed by atoms with Crippen LogP contribution in [0, 0.1) is 0 Å². The summed E-state index contributed by atoms with van der Waals surface area (Å²) in [7, 11) is 0. The second-order valence-corrected chi connectivity index (χ2v) is 6.39. The molecule has 1 atom stereocenters. The van der Waals surface area contributed by atoms with Gasteiger partial charge < -0.3 is 10.1 Å². The quantitative estimate of drug-likeness (QED) is 0.574. The van der Waals surface area contributed by atoms with Crippen molar-refractivity contribution < 1.29 is 4.74 Å². The van der Waals surface area contributed by atoms with Gasteiger partial charge in [-0.1, -0.05) is 72.8 Å². The molecular formula is C23H26ClNO. The third-order valence-corrected chi connectivity index (χ3v) is 4.21. The van der Waals surface area contributed by atoms with Crippen molar-refractivity contribution in [1.82, 2.24) is 5.32 Å². The minimum atomic E-state index is 0. The molecule has 136 valence electrons. The molecule has 2 nitrogen and oxygen atoms in total. The molecule has 0 heterocycles. The highest BCUT2D eigenvalue weighted by Gasteiger charge is 2.04. The standard InChI is InChI=1S/C23H25NO.ClH/c1-19(24-17-21-8-4-2-5-9-21)16-20-12-14-23(15-13-20)25-18-22-10-6-3-7-11-22;/h2-15,19,24H,16-18H2,1H3;1H. The molecule has 0 saturated heterocycles. The molecule has 3 rings (SSSR count). The summed E-state index contributed by atoms with van der Waals surface area (Å²) in [6.45, 7) is 3.73. The van der Waals surface area contributed by atoms with Gasteiger partial charge in [0.2, 0.25) is 0 Å². The van der Waals surface area contributed by atoms with Gasteiger partial charge in [0.05, 0.1) is 0 Å². The first-order chi connectivity index (χ1) is 12.3. The van der Waals surface area contributed by atoms with E-state index in [1.54, 1.807) is 0 Å². The lowest BCUT2D eigenvalue weighted by Gasteiger charge is -2.14. The van der Waals surface area contributed by atoms with Crippen molar-refractivity contribution in [2.75, 3.05) is 0 Å². The molecule has 0 fully saturated rings. The smallest absolute Gasteiger partial charge is 0.119 e. The first-order valence-electron chi connectivity index (χ1n) is 8.82. The van der Waals surface area contributed by atoms with Crippen molar-refractivity contribution in [3.05, 3.63) is 102 Å². The van der Waals surface area contributed by atoms with Gasteiger partial charge in [0.15, 0.2) is 0 Å². The Morgan fingerprint density at radius 1 is 0.731 bits per heavy atom. The van der Waals surface area contributed by atoms with E-state index in [0.717, 1.165) is 18.7 Å². The predicted molar refractivity (Wildman–Crippen MR) is 111 cm³/mol. The van der Waals surface area contributed by atoms with Gasteiger partial charge in [0.25, 0.3) is 0 Å². The first kappa shape index (κ1) is 20.0. The van der Waals surface area contributed by atoms with Crippen LogP contribution < -0.4 is 10.1 Å². The molecule has 0 aliphatic carbocycles. The minimum Gasteiger partial charge on any atom is -0.489 e. The summed E-state index contributed by atoms with van der Waals surface area (Å²) in [5.41, 5.74) is 3.82. The third kappa shape index (κ3) is 6.55. The van der Waals surface area contributed by atoms with Crippen molar-refractivity contribution in [1.29, 1.82) is 0 Å². The predicted octanol–water partition coefficient (Wildman–Crippen LogP) is 5.41. The molecule has 0 aliphatic heterocycles. The third-order valence-electron chi connectivity index (χ3n) is 4.21. The Morgan fingerprint density at radius 3 is 1.92 bits per heavy atom. The monoisotopic (exact) mass is 367 g/mol. The van der Waals surface area contributed by atoms with Gasteiger partial charge in [-0.15, -0.1) is 12.4 Å². The van der Waals surface area contributed by atoms with E-state index in [2.05, 4.69) is 72.9 Å². The van der Waals surface area contributed by atoms with E-state index in [1.807, 2.05) is 24.3 Å². The molecular weight excluding hydrogens is 342 g/mol. The highest BCUT2D eigenvalue weighted by Crippen LogP contribution is 2.15. The van der Waals surface area contributed by atoms with Crippen LogP contribution in [0.5, 0.6) is 5.75 Å². The molecule has 0 radical (unpaired) electrons. The van der Waals surface area contributed by atoms with E-state index < -0.39 is 0 Å². The Kier molecular flexibility index (Phi) is 8.20. The minimum absolute atomic E-state index is 0. The second kappa shape index (κ2) is 10.6. The fraction of sp³-hybridized carbons (Fsp3) is 0.217.